The normalized spacial score (nSPS) is 17.6. The van der Waals surface area contributed by atoms with E-state index in [9.17, 15) is 22.8 Å². The summed E-state index contributed by atoms with van der Waals surface area (Å²) in [6.45, 7) is 1.37. The van der Waals surface area contributed by atoms with Crippen LogP contribution < -0.4 is 10.1 Å². The van der Waals surface area contributed by atoms with E-state index in [-0.39, 0.29) is 29.1 Å². The lowest BCUT2D eigenvalue weighted by Gasteiger charge is -2.32. The molecular weight excluding hydrogens is 525 g/mol. The number of fused-ring (bicyclic) bond motifs is 1. The van der Waals surface area contributed by atoms with Gasteiger partial charge < -0.3 is 15.0 Å². The Morgan fingerprint density at radius 3 is 2.55 bits per heavy atom. The number of likely N-dealkylation sites (tertiary alicyclic amines) is 1. The van der Waals surface area contributed by atoms with Gasteiger partial charge in [0, 0.05) is 42.9 Å². The number of ether oxygens (including phenoxy) is 1. The number of H-pyrrole nitrogens is 1. The number of amides is 2. The van der Waals surface area contributed by atoms with E-state index in [1.165, 1.54) is 12.1 Å². The molecule has 1 aliphatic carbocycles. The number of nitrogens with one attached hydrogen (secondary N) is 2. The number of piperidine rings is 1. The highest BCUT2D eigenvalue weighted by molar-refractivity contribution is 6.03. The summed E-state index contributed by atoms with van der Waals surface area (Å²) >= 11 is 0. The fourth-order valence-electron chi connectivity index (χ4n) is 4.98. The Balaban J connectivity index is 1.18. The van der Waals surface area contributed by atoms with Gasteiger partial charge in [-0.25, -0.2) is 9.97 Å². The van der Waals surface area contributed by atoms with Crippen molar-refractivity contribution in [3.8, 4) is 11.5 Å². The van der Waals surface area contributed by atoms with E-state index in [0.29, 0.717) is 23.7 Å². The van der Waals surface area contributed by atoms with Crippen LogP contribution in [0.25, 0.3) is 11.0 Å². The Morgan fingerprint density at radius 1 is 1.02 bits per heavy atom. The molecule has 4 aromatic rings. The van der Waals surface area contributed by atoms with Crippen molar-refractivity contribution in [3.05, 3.63) is 71.7 Å². The van der Waals surface area contributed by atoms with Crippen LogP contribution in [0.1, 0.15) is 53.2 Å². The second kappa shape index (κ2) is 10.2. The van der Waals surface area contributed by atoms with E-state index in [1.54, 1.807) is 24.4 Å². The molecular formula is C28H25F3N6O3. The molecule has 2 N–H and O–H groups in total. The highest BCUT2D eigenvalue weighted by Gasteiger charge is 2.36. The van der Waals surface area contributed by atoms with Crippen molar-refractivity contribution in [1.82, 2.24) is 25.1 Å². The van der Waals surface area contributed by atoms with Crippen LogP contribution in [0.15, 0.2) is 54.9 Å². The Morgan fingerprint density at radius 2 is 1.80 bits per heavy atom. The van der Waals surface area contributed by atoms with E-state index in [2.05, 4.69) is 25.5 Å². The van der Waals surface area contributed by atoms with Gasteiger partial charge in [-0.2, -0.15) is 18.3 Å². The number of carbonyl (C=O) groups is 2. The van der Waals surface area contributed by atoms with Crippen LogP contribution in [0, 0.1) is 5.92 Å². The number of anilines is 1. The predicted octanol–water partition coefficient (Wildman–Crippen LogP) is 5.53. The summed E-state index contributed by atoms with van der Waals surface area (Å²) in [5, 5.41) is 10.6. The van der Waals surface area contributed by atoms with Gasteiger partial charge in [0.05, 0.1) is 16.6 Å². The first-order chi connectivity index (χ1) is 19.3. The number of alkyl halides is 3. The third-order valence-electron chi connectivity index (χ3n) is 7.17. The summed E-state index contributed by atoms with van der Waals surface area (Å²) in [7, 11) is 0. The summed E-state index contributed by atoms with van der Waals surface area (Å²) in [6.07, 6.45) is 1.78. The molecule has 2 amide bonds. The SMILES string of the molecule is O=C(Nc1cc(C(F)(F)F)ccn1)c1ccc(Oc2ccnc3[nH]nc(C4CCCN(C(=O)C5CC5)C4)c23)cc1. The van der Waals surface area contributed by atoms with Gasteiger partial charge in [-0.3, -0.25) is 14.7 Å². The monoisotopic (exact) mass is 550 g/mol. The van der Waals surface area contributed by atoms with Gasteiger partial charge in [-0.1, -0.05) is 0 Å². The molecule has 4 heterocycles. The number of hydrogen-bond donors (Lipinski definition) is 2. The maximum Gasteiger partial charge on any atom is 0.416 e. The Hall–Kier alpha value is -4.48. The minimum Gasteiger partial charge on any atom is -0.456 e. The smallest absolute Gasteiger partial charge is 0.416 e. The molecule has 1 aromatic carbocycles. The topological polar surface area (TPSA) is 113 Å². The molecule has 1 unspecified atom stereocenters. The van der Waals surface area contributed by atoms with Gasteiger partial charge in [0.25, 0.3) is 5.91 Å². The summed E-state index contributed by atoms with van der Waals surface area (Å²) in [5.41, 5.74) is 0.691. The first-order valence-electron chi connectivity index (χ1n) is 13.0. The van der Waals surface area contributed by atoms with Gasteiger partial charge in [0.1, 0.15) is 17.3 Å². The largest absolute Gasteiger partial charge is 0.456 e. The zero-order chi connectivity index (χ0) is 27.9. The number of carbonyl (C=O) groups excluding carboxylic acids is 2. The molecule has 2 fully saturated rings. The number of rotatable bonds is 6. The maximum atomic E-state index is 13.0. The second-order valence-corrected chi connectivity index (χ2v) is 10.0. The number of halogens is 3. The zero-order valence-electron chi connectivity index (χ0n) is 21.2. The molecule has 0 spiro atoms. The van der Waals surface area contributed by atoms with Crippen molar-refractivity contribution < 1.29 is 27.5 Å². The third kappa shape index (κ3) is 5.33. The van der Waals surface area contributed by atoms with Crippen LogP contribution in [0.3, 0.4) is 0 Å². The van der Waals surface area contributed by atoms with Crippen LogP contribution >= 0.6 is 0 Å². The molecule has 0 bridgehead atoms. The van der Waals surface area contributed by atoms with Gasteiger partial charge in [0.15, 0.2) is 5.65 Å². The average Bonchev–Trinajstić information content (AvgIpc) is 3.71. The van der Waals surface area contributed by atoms with Crippen LogP contribution in [0.2, 0.25) is 0 Å². The molecule has 1 aliphatic heterocycles. The van der Waals surface area contributed by atoms with Gasteiger partial charge in [-0.05, 0) is 68.1 Å². The molecule has 206 valence electrons. The van der Waals surface area contributed by atoms with Crippen LogP contribution in [0.4, 0.5) is 19.0 Å². The van der Waals surface area contributed by atoms with Gasteiger partial charge >= 0.3 is 6.18 Å². The van der Waals surface area contributed by atoms with Crippen molar-refractivity contribution in [1.29, 1.82) is 0 Å². The Labute approximate surface area is 226 Å². The fraction of sp³-hybridized carbons (Fsp3) is 0.321. The quantitative estimate of drug-likeness (QED) is 0.326. The maximum absolute atomic E-state index is 13.0. The van der Waals surface area contributed by atoms with Crippen molar-refractivity contribution >= 4 is 28.7 Å². The first kappa shape index (κ1) is 25.8. The number of aromatic nitrogens is 4. The highest BCUT2D eigenvalue weighted by Crippen LogP contribution is 2.38. The number of nitrogens with zero attached hydrogens (tertiary/aromatic N) is 4. The van der Waals surface area contributed by atoms with Gasteiger partial charge in [0.2, 0.25) is 5.91 Å². The molecule has 6 rings (SSSR count). The number of pyridine rings is 2. The van der Waals surface area contributed by atoms with E-state index in [0.717, 1.165) is 61.6 Å². The first-order valence-corrected chi connectivity index (χ1v) is 13.0. The van der Waals surface area contributed by atoms with Crippen LogP contribution in [0.5, 0.6) is 11.5 Å². The van der Waals surface area contributed by atoms with Crippen molar-refractivity contribution in [2.75, 3.05) is 18.4 Å². The number of hydrogen-bond acceptors (Lipinski definition) is 6. The molecule has 9 nitrogen and oxygen atoms in total. The van der Waals surface area contributed by atoms with E-state index in [4.69, 9.17) is 4.74 Å². The molecule has 0 radical (unpaired) electrons. The summed E-state index contributed by atoms with van der Waals surface area (Å²) in [5.74, 6) is 0.615. The third-order valence-corrected chi connectivity index (χ3v) is 7.17. The second-order valence-electron chi connectivity index (χ2n) is 10.0. The lowest BCUT2D eigenvalue weighted by atomic mass is 9.92. The molecule has 40 heavy (non-hydrogen) atoms. The molecule has 2 aliphatic rings. The van der Waals surface area contributed by atoms with Crippen molar-refractivity contribution in [2.45, 2.75) is 37.8 Å². The number of aromatic amines is 1. The van der Waals surface area contributed by atoms with E-state index in [1.807, 2.05) is 4.90 Å². The lowest BCUT2D eigenvalue weighted by Crippen LogP contribution is -2.40. The number of benzene rings is 1. The fourth-order valence-corrected chi connectivity index (χ4v) is 4.98. The van der Waals surface area contributed by atoms with Crippen LogP contribution in [-0.2, 0) is 11.0 Å². The Kier molecular flexibility index (Phi) is 6.60. The van der Waals surface area contributed by atoms with Crippen LogP contribution in [-0.4, -0.2) is 50.0 Å². The van der Waals surface area contributed by atoms with Gasteiger partial charge in [-0.15, -0.1) is 0 Å². The predicted molar refractivity (Wildman–Crippen MR) is 139 cm³/mol. The average molecular weight is 551 g/mol. The summed E-state index contributed by atoms with van der Waals surface area (Å²) < 4.78 is 45.0. The molecule has 3 aromatic heterocycles. The Bertz CT molecular complexity index is 1570. The molecule has 1 atom stereocenters. The molecule has 1 saturated carbocycles. The zero-order valence-corrected chi connectivity index (χ0v) is 21.2. The van der Waals surface area contributed by atoms with E-state index >= 15 is 0 Å². The summed E-state index contributed by atoms with van der Waals surface area (Å²) in [6, 6.07) is 9.55. The molecule has 1 saturated heterocycles. The highest BCUT2D eigenvalue weighted by atomic mass is 19.4. The minimum absolute atomic E-state index is 0.0484. The molecule has 12 heteroatoms. The van der Waals surface area contributed by atoms with Crippen molar-refractivity contribution in [3.63, 3.8) is 0 Å². The van der Waals surface area contributed by atoms with E-state index < -0.39 is 17.6 Å². The lowest BCUT2D eigenvalue weighted by molar-refractivity contribution is -0.137. The minimum atomic E-state index is -4.54. The standard InChI is InChI=1S/C28H25F3N6O3/c29-28(30,31)19-9-11-32-22(14-19)34-26(38)16-5-7-20(8-6-16)40-21-10-12-33-25-23(21)24(35-36-25)18-2-1-13-37(15-18)27(39)17-3-4-17/h5-12,14,17-18H,1-4,13,15H2,(H,32,34,38)(H,33,35,36). The summed E-state index contributed by atoms with van der Waals surface area (Å²) in [4.78, 5) is 35.4. The van der Waals surface area contributed by atoms with Crippen molar-refractivity contribution in [2.24, 2.45) is 5.92 Å².